The van der Waals surface area contributed by atoms with Crippen molar-refractivity contribution in [1.82, 2.24) is 9.55 Å². The van der Waals surface area contributed by atoms with Gasteiger partial charge in [0.2, 0.25) is 0 Å². The van der Waals surface area contributed by atoms with Crippen molar-refractivity contribution < 1.29 is 4.42 Å². The van der Waals surface area contributed by atoms with Crippen LogP contribution in [0.3, 0.4) is 0 Å². The summed E-state index contributed by atoms with van der Waals surface area (Å²) in [4.78, 5) is 4.27. The maximum atomic E-state index is 6.56. The zero-order valence-corrected chi connectivity index (χ0v) is 18.3. The van der Waals surface area contributed by atoms with E-state index >= 15 is 0 Å². The SMILES string of the molecule is c1ccc2c(c1)oc1c3sc4ccccc4c3c3c(c4ccccc4n3-c3ccncc3)c21. The van der Waals surface area contributed by atoms with Crippen molar-refractivity contribution in [3.8, 4) is 5.69 Å². The average molecular weight is 441 g/mol. The minimum Gasteiger partial charge on any atom is -0.455 e. The number of aromatic nitrogens is 2. The Morgan fingerprint density at radius 2 is 1.39 bits per heavy atom. The summed E-state index contributed by atoms with van der Waals surface area (Å²) in [7, 11) is 0. The second kappa shape index (κ2) is 6.21. The molecule has 0 atom stereocenters. The van der Waals surface area contributed by atoms with Gasteiger partial charge in [-0.1, -0.05) is 54.6 Å². The predicted molar refractivity (Wildman–Crippen MR) is 139 cm³/mol. The lowest BCUT2D eigenvalue weighted by molar-refractivity contribution is 0.673. The summed E-state index contributed by atoms with van der Waals surface area (Å²) in [6.07, 6.45) is 3.73. The van der Waals surface area contributed by atoms with Crippen molar-refractivity contribution in [3.05, 3.63) is 97.3 Å². The minimum absolute atomic E-state index is 0.930. The van der Waals surface area contributed by atoms with E-state index in [-0.39, 0.29) is 0 Å². The van der Waals surface area contributed by atoms with E-state index in [1.807, 2.05) is 29.8 Å². The fourth-order valence-electron chi connectivity index (χ4n) is 5.39. The maximum absolute atomic E-state index is 6.56. The summed E-state index contributed by atoms with van der Waals surface area (Å²) >= 11 is 1.82. The fourth-order valence-corrected chi connectivity index (χ4v) is 6.58. The Hall–Kier alpha value is -4.15. The van der Waals surface area contributed by atoms with Crippen molar-refractivity contribution in [2.45, 2.75) is 0 Å². The van der Waals surface area contributed by atoms with E-state index in [4.69, 9.17) is 4.42 Å². The molecule has 8 aromatic rings. The molecule has 0 amide bonds. The summed E-state index contributed by atoms with van der Waals surface area (Å²) < 4.78 is 11.4. The number of hydrogen-bond donors (Lipinski definition) is 0. The van der Waals surface area contributed by atoms with Crippen LogP contribution in [0.15, 0.2) is 102 Å². The van der Waals surface area contributed by atoms with Gasteiger partial charge in [-0.25, -0.2) is 0 Å². The van der Waals surface area contributed by atoms with Gasteiger partial charge in [-0.2, -0.15) is 0 Å². The first-order valence-corrected chi connectivity index (χ1v) is 11.8. The number of furan rings is 1. The first kappa shape index (κ1) is 17.4. The van der Waals surface area contributed by atoms with Crippen molar-refractivity contribution >= 4 is 75.3 Å². The minimum atomic E-state index is 0.930. The first-order chi connectivity index (χ1) is 16.4. The molecule has 4 heterocycles. The molecule has 0 aliphatic heterocycles. The smallest absolute Gasteiger partial charge is 0.154 e. The van der Waals surface area contributed by atoms with E-state index in [0.29, 0.717) is 0 Å². The van der Waals surface area contributed by atoms with Gasteiger partial charge in [-0.05, 0) is 30.3 Å². The third kappa shape index (κ3) is 2.16. The van der Waals surface area contributed by atoms with Crippen LogP contribution in [0.4, 0.5) is 0 Å². The van der Waals surface area contributed by atoms with Gasteiger partial charge in [0.15, 0.2) is 5.58 Å². The Bertz CT molecular complexity index is 2030. The van der Waals surface area contributed by atoms with Crippen LogP contribution in [-0.4, -0.2) is 9.55 Å². The molecule has 0 N–H and O–H groups in total. The molecule has 4 aromatic heterocycles. The summed E-state index contributed by atoms with van der Waals surface area (Å²) in [6, 6.07) is 29.9. The van der Waals surface area contributed by atoms with Gasteiger partial charge in [0.05, 0.1) is 15.7 Å². The zero-order valence-electron chi connectivity index (χ0n) is 17.4. The quantitative estimate of drug-likeness (QED) is 0.256. The highest BCUT2D eigenvalue weighted by Crippen LogP contribution is 2.50. The molecule has 3 nitrogen and oxygen atoms in total. The van der Waals surface area contributed by atoms with E-state index in [1.54, 1.807) is 0 Å². The number of nitrogens with zero attached hydrogens (tertiary/aromatic N) is 2. The van der Waals surface area contributed by atoms with Gasteiger partial charge in [-0.3, -0.25) is 4.98 Å². The Morgan fingerprint density at radius 1 is 0.667 bits per heavy atom. The molecule has 0 spiro atoms. The topological polar surface area (TPSA) is 31.0 Å². The van der Waals surface area contributed by atoms with E-state index in [0.717, 1.165) is 22.2 Å². The van der Waals surface area contributed by atoms with Crippen LogP contribution >= 0.6 is 11.3 Å². The van der Waals surface area contributed by atoms with Gasteiger partial charge >= 0.3 is 0 Å². The van der Waals surface area contributed by atoms with Crippen molar-refractivity contribution in [1.29, 1.82) is 0 Å². The molecule has 0 aliphatic carbocycles. The Balaban J connectivity index is 1.81. The van der Waals surface area contributed by atoms with Crippen LogP contribution in [0.5, 0.6) is 0 Å². The van der Waals surface area contributed by atoms with Crippen LogP contribution in [0.1, 0.15) is 0 Å². The Labute approximate surface area is 192 Å². The second-order valence-electron chi connectivity index (χ2n) is 8.39. The number of hydrogen-bond acceptors (Lipinski definition) is 3. The van der Waals surface area contributed by atoms with Gasteiger partial charge < -0.3 is 8.98 Å². The average Bonchev–Trinajstić information content (AvgIpc) is 3.54. The highest BCUT2D eigenvalue weighted by atomic mass is 32.1. The van der Waals surface area contributed by atoms with E-state index in [9.17, 15) is 0 Å². The summed E-state index contributed by atoms with van der Waals surface area (Å²) in [5, 5.41) is 7.36. The molecule has 4 aromatic carbocycles. The van der Waals surface area contributed by atoms with Gasteiger partial charge in [-0.15, -0.1) is 11.3 Å². The van der Waals surface area contributed by atoms with Crippen molar-refractivity contribution in [2.75, 3.05) is 0 Å². The van der Waals surface area contributed by atoms with Crippen LogP contribution in [0.25, 0.3) is 69.6 Å². The van der Waals surface area contributed by atoms with E-state index in [1.165, 1.54) is 47.4 Å². The largest absolute Gasteiger partial charge is 0.455 e. The monoisotopic (exact) mass is 440 g/mol. The molecule has 33 heavy (non-hydrogen) atoms. The van der Waals surface area contributed by atoms with E-state index < -0.39 is 0 Å². The number of para-hydroxylation sites is 2. The highest BCUT2D eigenvalue weighted by molar-refractivity contribution is 7.26. The molecule has 0 saturated heterocycles. The number of thiophene rings is 1. The molecule has 4 heteroatoms. The number of benzene rings is 4. The van der Waals surface area contributed by atoms with Gasteiger partial charge in [0.25, 0.3) is 0 Å². The molecular formula is C29H16N2OS. The molecule has 0 aliphatic rings. The van der Waals surface area contributed by atoms with Gasteiger partial charge in [0.1, 0.15) is 5.58 Å². The van der Waals surface area contributed by atoms with E-state index in [2.05, 4.69) is 88.4 Å². The van der Waals surface area contributed by atoms with Crippen molar-refractivity contribution in [3.63, 3.8) is 0 Å². The molecule has 0 radical (unpaired) electrons. The zero-order chi connectivity index (χ0) is 21.5. The lowest BCUT2D eigenvalue weighted by Crippen LogP contribution is -1.94. The van der Waals surface area contributed by atoms with Crippen LogP contribution in [-0.2, 0) is 0 Å². The lowest BCUT2D eigenvalue weighted by atomic mass is 10.0. The maximum Gasteiger partial charge on any atom is 0.154 e. The first-order valence-electron chi connectivity index (χ1n) is 11.0. The molecule has 0 unspecified atom stereocenters. The predicted octanol–water partition coefficient (Wildman–Crippen LogP) is 8.45. The lowest BCUT2D eigenvalue weighted by Gasteiger charge is -2.09. The third-order valence-corrected chi connectivity index (χ3v) is 7.85. The third-order valence-electron chi connectivity index (χ3n) is 6.68. The number of pyridine rings is 1. The summed E-state index contributed by atoms with van der Waals surface area (Å²) in [5.41, 5.74) is 5.44. The van der Waals surface area contributed by atoms with Crippen LogP contribution in [0, 0.1) is 0 Å². The van der Waals surface area contributed by atoms with Crippen LogP contribution in [0.2, 0.25) is 0 Å². The molecule has 0 saturated carbocycles. The Morgan fingerprint density at radius 3 is 2.27 bits per heavy atom. The molecule has 0 fully saturated rings. The van der Waals surface area contributed by atoms with Crippen LogP contribution < -0.4 is 0 Å². The summed E-state index contributed by atoms with van der Waals surface area (Å²) in [5.74, 6) is 0. The van der Waals surface area contributed by atoms with Gasteiger partial charge in [0, 0.05) is 55.1 Å². The molecule has 154 valence electrons. The standard InChI is InChI=1S/C29H16N2OS/c1-4-10-21-18(7-1)24-25-19-8-2-5-11-22(19)32-28(25)29-26(20-9-3-6-12-23(20)33-29)27(24)31(21)17-13-15-30-16-14-17/h1-16H. The molecule has 0 bridgehead atoms. The number of rotatable bonds is 1. The Kier molecular flexibility index (Phi) is 3.28. The normalized spacial score (nSPS) is 12.2. The molecule has 8 rings (SSSR count). The fraction of sp³-hybridized carbons (Fsp3) is 0. The highest BCUT2D eigenvalue weighted by Gasteiger charge is 2.24. The summed E-state index contributed by atoms with van der Waals surface area (Å²) in [6.45, 7) is 0. The van der Waals surface area contributed by atoms with Crippen molar-refractivity contribution in [2.24, 2.45) is 0 Å². The number of fused-ring (bicyclic) bond motifs is 12. The molecular weight excluding hydrogens is 424 g/mol. The second-order valence-corrected chi connectivity index (χ2v) is 9.44.